The predicted octanol–water partition coefficient (Wildman–Crippen LogP) is 3.99. The van der Waals surface area contributed by atoms with Gasteiger partial charge in [0.1, 0.15) is 0 Å². The molecular weight excluding hydrogens is 208 g/mol. The van der Waals surface area contributed by atoms with E-state index in [1.807, 2.05) is 0 Å². The van der Waals surface area contributed by atoms with Crippen LogP contribution in [0.25, 0.3) is 0 Å². The van der Waals surface area contributed by atoms with E-state index in [0.29, 0.717) is 12.0 Å². The number of nitrogens with zero attached hydrogens (tertiary/aromatic N) is 1. The molecule has 0 radical (unpaired) electrons. The Labute approximate surface area is 106 Å². The maximum Gasteiger partial charge on any atom is 0.0367 e. The smallest absolute Gasteiger partial charge is 0.0367 e. The monoisotopic (exact) mass is 234 g/mol. The zero-order valence-electron chi connectivity index (χ0n) is 11.8. The summed E-state index contributed by atoms with van der Waals surface area (Å²) in [4.78, 5) is 2.36. The normalized spacial score (nSPS) is 12.6. The van der Waals surface area contributed by atoms with Gasteiger partial charge in [-0.1, -0.05) is 13.8 Å². The molecule has 1 atom stereocenters. The first-order valence-corrected chi connectivity index (χ1v) is 6.70. The van der Waals surface area contributed by atoms with Gasteiger partial charge >= 0.3 is 0 Å². The Balaban J connectivity index is 2.67. The molecule has 0 heterocycles. The van der Waals surface area contributed by atoms with E-state index >= 15 is 0 Å². The summed E-state index contributed by atoms with van der Waals surface area (Å²) in [5, 5.41) is 3.52. The van der Waals surface area contributed by atoms with E-state index in [-0.39, 0.29) is 0 Å². The van der Waals surface area contributed by atoms with Crippen molar-refractivity contribution >= 4 is 11.4 Å². The molecule has 17 heavy (non-hydrogen) atoms. The largest absolute Gasteiger partial charge is 0.382 e. The Bertz CT molecular complexity index is 312. The van der Waals surface area contributed by atoms with Gasteiger partial charge in [-0.05, 0) is 51.0 Å². The third-order valence-electron chi connectivity index (χ3n) is 3.39. The molecule has 0 aliphatic carbocycles. The molecule has 0 aliphatic rings. The van der Waals surface area contributed by atoms with Crippen LogP contribution < -0.4 is 10.2 Å². The molecule has 0 bridgehead atoms. The summed E-state index contributed by atoms with van der Waals surface area (Å²) in [6, 6.07) is 9.25. The van der Waals surface area contributed by atoms with Crippen molar-refractivity contribution in [2.24, 2.45) is 5.92 Å². The highest BCUT2D eigenvalue weighted by Gasteiger charge is 2.07. The summed E-state index contributed by atoms with van der Waals surface area (Å²) in [6.45, 7) is 13.2. The number of benzene rings is 1. The number of hydrogen-bond donors (Lipinski definition) is 1. The molecule has 0 saturated carbocycles. The number of nitrogens with one attached hydrogen (secondary N) is 1. The lowest BCUT2D eigenvalue weighted by Crippen LogP contribution is -2.22. The maximum absolute atomic E-state index is 3.52. The molecule has 1 aromatic rings. The lowest BCUT2D eigenvalue weighted by Gasteiger charge is -2.22. The van der Waals surface area contributed by atoms with E-state index < -0.39 is 0 Å². The van der Waals surface area contributed by atoms with Gasteiger partial charge in [0, 0.05) is 30.5 Å². The van der Waals surface area contributed by atoms with Crippen LogP contribution in [0.2, 0.25) is 0 Å². The summed E-state index contributed by atoms with van der Waals surface area (Å²) >= 11 is 0. The molecule has 2 heteroatoms. The highest BCUT2D eigenvalue weighted by atomic mass is 15.1. The third kappa shape index (κ3) is 3.95. The number of anilines is 2. The van der Waals surface area contributed by atoms with E-state index in [4.69, 9.17) is 0 Å². The Morgan fingerprint density at radius 2 is 1.53 bits per heavy atom. The Kier molecular flexibility index (Phi) is 5.33. The quantitative estimate of drug-likeness (QED) is 0.800. The molecule has 0 spiro atoms. The summed E-state index contributed by atoms with van der Waals surface area (Å²) in [7, 11) is 0. The highest BCUT2D eigenvalue weighted by Crippen LogP contribution is 2.19. The SMILES string of the molecule is CCN(CC)c1ccc(NC(C)C(C)C)cc1. The fraction of sp³-hybridized carbons (Fsp3) is 0.600. The molecule has 0 amide bonds. The van der Waals surface area contributed by atoms with Crippen LogP contribution in [0.1, 0.15) is 34.6 Å². The zero-order valence-corrected chi connectivity index (χ0v) is 11.8. The molecule has 0 aliphatic heterocycles. The minimum Gasteiger partial charge on any atom is -0.382 e. The van der Waals surface area contributed by atoms with Gasteiger partial charge in [0.15, 0.2) is 0 Å². The molecule has 2 nitrogen and oxygen atoms in total. The van der Waals surface area contributed by atoms with Crippen molar-refractivity contribution in [2.75, 3.05) is 23.3 Å². The van der Waals surface area contributed by atoms with Crippen LogP contribution in [0, 0.1) is 5.92 Å². The molecular formula is C15H26N2. The Morgan fingerprint density at radius 3 is 1.94 bits per heavy atom. The summed E-state index contributed by atoms with van der Waals surface area (Å²) in [5.41, 5.74) is 2.51. The van der Waals surface area contributed by atoms with Crippen molar-refractivity contribution in [3.8, 4) is 0 Å². The molecule has 0 aromatic heterocycles. The van der Waals surface area contributed by atoms with E-state index in [2.05, 4.69) is 69.1 Å². The van der Waals surface area contributed by atoms with E-state index in [1.54, 1.807) is 0 Å². The van der Waals surface area contributed by atoms with Gasteiger partial charge in [-0.15, -0.1) is 0 Å². The van der Waals surface area contributed by atoms with Crippen molar-refractivity contribution in [3.63, 3.8) is 0 Å². The van der Waals surface area contributed by atoms with Crippen LogP contribution in [-0.4, -0.2) is 19.1 Å². The second-order valence-corrected chi connectivity index (χ2v) is 4.90. The van der Waals surface area contributed by atoms with Crippen molar-refractivity contribution in [2.45, 2.75) is 40.7 Å². The van der Waals surface area contributed by atoms with Crippen molar-refractivity contribution in [3.05, 3.63) is 24.3 Å². The molecule has 96 valence electrons. The lowest BCUT2D eigenvalue weighted by atomic mass is 10.1. The van der Waals surface area contributed by atoms with Gasteiger partial charge in [0.05, 0.1) is 0 Å². The van der Waals surface area contributed by atoms with Gasteiger partial charge in [0.2, 0.25) is 0 Å². The summed E-state index contributed by atoms with van der Waals surface area (Å²) in [6.07, 6.45) is 0. The van der Waals surface area contributed by atoms with E-state index in [1.165, 1.54) is 11.4 Å². The first-order valence-electron chi connectivity index (χ1n) is 6.70. The maximum atomic E-state index is 3.52. The average molecular weight is 234 g/mol. The standard InChI is InChI=1S/C15H26N2/c1-6-17(7-2)15-10-8-14(9-11-15)16-13(5)12(3)4/h8-13,16H,6-7H2,1-5H3. The van der Waals surface area contributed by atoms with Crippen LogP contribution in [0.15, 0.2) is 24.3 Å². The van der Waals surface area contributed by atoms with Crippen LogP contribution in [0.4, 0.5) is 11.4 Å². The summed E-state index contributed by atoms with van der Waals surface area (Å²) in [5.74, 6) is 0.650. The van der Waals surface area contributed by atoms with Crippen LogP contribution in [0.5, 0.6) is 0 Å². The van der Waals surface area contributed by atoms with Crippen LogP contribution >= 0.6 is 0 Å². The molecule has 1 unspecified atom stereocenters. The lowest BCUT2D eigenvalue weighted by molar-refractivity contribution is 0.560. The fourth-order valence-corrected chi connectivity index (χ4v) is 1.79. The van der Waals surface area contributed by atoms with Gasteiger partial charge in [-0.3, -0.25) is 0 Å². The predicted molar refractivity (Wildman–Crippen MR) is 77.9 cm³/mol. The zero-order chi connectivity index (χ0) is 12.8. The van der Waals surface area contributed by atoms with Crippen LogP contribution in [-0.2, 0) is 0 Å². The number of rotatable bonds is 6. The molecule has 1 aromatic carbocycles. The third-order valence-corrected chi connectivity index (χ3v) is 3.39. The van der Waals surface area contributed by atoms with Crippen molar-refractivity contribution < 1.29 is 0 Å². The Morgan fingerprint density at radius 1 is 1.00 bits per heavy atom. The van der Waals surface area contributed by atoms with Crippen molar-refractivity contribution in [1.82, 2.24) is 0 Å². The number of hydrogen-bond acceptors (Lipinski definition) is 2. The highest BCUT2D eigenvalue weighted by molar-refractivity contribution is 5.55. The van der Waals surface area contributed by atoms with Crippen LogP contribution in [0.3, 0.4) is 0 Å². The van der Waals surface area contributed by atoms with E-state index in [0.717, 1.165) is 13.1 Å². The first-order chi connectivity index (χ1) is 8.08. The Hall–Kier alpha value is -1.18. The van der Waals surface area contributed by atoms with Gasteiger partial charge in [0.25, 0.3) is 0 Å². The van der Waals surface area contributed by atoms with Gasteiger partial charge in [-0.2, -0.15) is 0 Å². The van der Waals surface area contributed by atoms with Gasteiger partial charge < -0.3 is 10.2 Å². The second-order valence-electron chi connectivity index (χ2n) is 4.90. The first kappa shape index (κ1) is 13.9. The minimum absolute atomic E-state index is 0.509. The average Bonchev–Trinajstić information content (AvgIpc) is 2.32. The van der Waals surface area contributed by atoms with E-state index in [9.17, 15) is 0 Å². The molecule has 0 fully saturated rings. The molecule has 0 saturated heterocycles. The van der Waals surface area contributed by atoms with Gasteiger partial charge in [-0.25, -0.2) is 0 Å². The second kappa shape index (κ2) is 6.53. The minimum atomic E-state index is 0.509. The topological polar surface area (TPSA) is 15.3 Å². The molecule has 1 N–H and O–H groups in total. The molecule has 1 rings (SSSR count). The van der Waals surface area contributed by atoms with Crippen molar-refractivity contribution in [1.29, 1.82) is 0 Å². The fourth-order valence-electron chi connectivity index (χ4n) is 1.79. The summed E-state index contributed by atoms with van der Waals surface area (Å²) < 4.78 is 0.